The van der Waals surface area contributed by atoms with Crippen LogP contribution in [0.15, 0.2) is 78.9 Å². The first kappa shape index (κ1) is 21.7. The molecule has 1 aromatic heterocycles. The molecular formula is C27H26N4O3. The quantitative estimate of drug-likeness (QED) is 0.437. The molecule has 0 saturated carbocycles. The first-order valence-electron chi connectivity index (χ1n) is 11.3. The summed E-state index contributed by atoms with van der Waals surface area (Å²) in [6.45, 7) is 0.658. The molecule has 7 nitrogen and oxygen atoms in total. The average molecular weight is 455 g/mol. The van der Waals surface area contributed by atoms with Crippen LogP contribution in [-0.4, -0.2) is 42.1 Å². The highest BCUT2D eigenvalue weighted by Crippen LogP contribution is 2.34. The van der Waals surface area contributed by atoms with Crippen molar-refractivity contribution in [2.24, 2.45) is 0 Å². The highest BCUT2D eigenvalue weighted by atomic mass is 16.5. The molecule has 34 heavy (non-hydrogen) atoms. The molecule has 1 aliphatic rings. The summed E-state index contributed by atoms with van der Waals surface area (Å²) in [6, 6.07) is 24.8. The Morgan fingerprint density at radius 3 is 2.47 bits per heavy atom. The Kier molecular flexibility index (Phi) is 5.76. The maximum Gasteiger partial charge on any atom is 0.246 e. The first-order valence-corrected chi connectivity index (χ1v) is 11.3. The number of carbonyl (C=O) groups is 2. The number of methoxy groups -OCH3 is 1. The fraction of sp³-hybridized carbons (Fsp3) is 0.222. The van der Waals surface area contributed by atoms with Gasteiger partial charge in [0.15, 0.2) is 0 Å². The fourth-order valence-corrected chi connectivity index (χ4v) is 4.50. The van der Waals surface area contributed by atoms with Gasteiger partial charge in [-0.1, -0.05) is 30.3 Å². The minimum absolute atomic E-state index is 0.0431. The van der Waals surface area contributed by atoms with Gasteiger partial charge in [-0.15, -0.1) is 0 Å². The van der Waals surface area contributed by atoms with Crippen LogP contribution >= 0.6 is 0 Å². The van der Waals surface area contributed by atoms with Gasteiger partial charge in [0.1, 0.15) is 18.1 Å². The number of anilines is 2. The van der Waals surface area contributed by atoms with Gasteiger partial charge in [-0.25, -0.2) is 4.98 Å². The second kappa shape index (κ2) is 9.02. The van der Waals surface area contributed by atoms with Gasteiger partial charge < -0.3 is 19.1 Å². The van der Waals surface area contributed by atoms with Crippen molar-refractivity contribution >= 4 is 34.2 Å². The van der Waals surface area contributed by atoms with Crippen LogP contribution in [0.5, 0.6) is 5.75 Å². The van der Waals surface area contributed by atoms with Crippen molar-refractivity contribution in [1.29, 1.82) is 0 Å². The van der Waals surface area contributed by atoms with Crippen LogP contribution in [0.3, 0.4) is 0 Å². The Labute approximate surface area is 198 Å². The van der Waals surface area contributed by atoms with Gasteiger partial charge in [0.05, 0.1) is 18.1 Å². The molecule has 172 valence electrons. The summed E-state index contributed by atoms with van der Waals surface area (Å²) in [5.74, 6) is 1.39. The van der Waals surface area contributed by atoms with E-state index in [4.69, 9.17) is 9.72 Å². The van der Waals surface area contributed by atoms with Crippen molar-refractivity contribution in [3.05, 3.63) is 84.7 Å². The third kappa shape index (κ3) is 4.01. The minimum atomic E-state index is -0.114. The number of likely N-dealkylation sites (N-methyl/N-ethyl adjacent to an activating group) is 1. The van der Waals surface area contributed by atoms with Crippen LogP contribution < -0.4 is 14.5 Å². The SMILES string of the molecule is COc1ccc(N2C[C@H](c3nc4ccccc4n3CC(=O)N(C)c3ccccc3)CC2=O)cc1. The number of aromatic nitrogens is 2. The minimum Gasteiger partial charge on any atom is -0.497 e. The van der Waals surface area contributed by atoms with E-state index in [1.807, 2.05) is 83.4 Å². The molecule has 0 radical (unpaired) electrons. The van der Waals surface area contributed by atoms with E-state index < -0.39 is 0 Å². The van der Waals surface area contributed by atoms with Crippen LogP contribution in [0.1, 0.15) is 18.2 Å². The molecule has 1 fully saturated rings. The number of amides is 2. The summed E-state index contributed by atoms with van der Waals surface area (Å²) in [5, 5.41) is 0. The molecule has 2 heterocycles. The number of benzene rings is 3. The summed E-state index contributed by atoms with van der Waals surface area (Å²) in [4.78, 5) is 34.5. The lowest BCUT2D eigenvalue weighted by molar-refractivity contribution is -0.119. The van der Waals surface area contributed by atoms with Crippen molar-refractivity contribution in [1.82, 2.24) is 9.55 Å². The average Bonchev–Trinajstić information content (AvgIpc) is 3.44. The summed E-state index contributed by atoms with van der Waals surface area (Å²) >= 11 is 0. The molecule has 1 saturated heterocycles. The largest absolute Gasteiger partial charge is 0.497 e. The van der Waals surface area contributed by atoms with Gasteiger partial charge in [0.2, 0.25) is 11.8 Å². The Hall–Kier alpha value is -4.13. The highest BCUT2D eigenvalue weighted by molar-refractivity contribution is 5.97. The maximum absolute atomic E-state index is 13.2. The third-order valence-corrected chi connectivity index (χ3v) is 6.37. The lowest BCUT2D eigenvalue weighted by Crippen LogP contribution is -2.31. The number of ether oxygens (including phenoxy) is 1. The van der Waals surface area contributed by atoms with E-state index in [1.54, 1.807) is 24.0 Å². The lowest BCUT2D eigenvalue weighted by atomic mass is 10.1. The second-order valence-electron chi connectivity index (χ2n) is 8.44. The number of hydrogen-bond donors (Lipinski definition) is 0. The normalized spacial score (nSPS) is 15.6. The second-order valence-corrected chi connectivity index (χ2v) is 8.44. The predicted octanol–water partition coefficient (Wildman–Crippen LogP) is 4.23. The molecule has 0 aliphatic carbocycles. The van der Waals surface area contributed by atoms with Crippen molar-refractivity contribution in [2.75, 3.05) is 30.5 Å². The number of hydrogen-bond acceptors (Lipinski definition) is 4. The molecule has 3 aromatic carbocycles. The molecule has 0 N–H and O–H groups in total. The van der Waals surface area contributed by atoms with Crippen molar-refractivity contribution in [2.45, 2.75) is 18.9 Å². The Bertz CT molecular complexity index is 1330. The van der Waals surface area contributed by atoms with Crippen LogP contribution in [0, 0.1) is 0 Å². The lowest BCUT2D eigenvalue weighted by Gasteiger charge is -2.20. The van der Waals surface area contributed by atoms with Crippen LogP contribution in [-0.2, 0) is 16.1 Å². The smallest absolute Gasteiger partial charge is 0.246 e. The van der Waals surface area contributed by atoms with E-state index >= 15 is 0 Å². The van der Waals surface area contributed by atoms with Crippen LogP contribution in [0.25, 0.3) is 11.0 Å². The molecule has 2 amide bonds. The monoisotopic (exact) mass is 454 g/mol. The number of nitrogens with zero attached hydrogens (tertiary/aromatic N) is 4. The molecule has 4 aromatic rings. The van der Waals surface area contributed by atoms with E-state index in [-0.39, 0.29) is 24.3 Å². The van der Waals surface area contributed by atoms with Crippen LogP contribution in [0.2, 0.25) is 0 Å². The summed E-state index contributed by atoms with van der Waals surface area (Å²) < 4.78 is 7.20. The summed E-state index contributed by atoms with van der Waals surface area (Å²) in [6.07, 6.45) is 0.345. The standard InChI is InChI=1S/C27H26N4O3/c1-29(20-8-4-3-5-9-20)26(33)18-31-24-11-7-6-10-23(24)28-27(31)19-16-25(32)30(17-19)21-12-14-22(34-2)15-13-21/h3-15,19H,16-18H2,1-2H3/t19-/m1/s1. The molecule has 1 atom stereocenters. The van der Waals surface area contributed by atoms with E-state index in [0.717, 1.165) is 34.0 Å². The molecule has 0 unspecified atom stereocenters. The first-order chi connectivity index (χ1) is 16.5. The highest BCUT2D eigenvalue weighted by Gasteiger charge is 2.35. The Balaban J connectivity index is 1.45. The number of fused-ring (bicyclic) bond motifs is 1. The topological polar surface area (TPSA) is 67.7 Å². The van der Waals surface area contributed by atoms with Gasteiger partial charge in [0.25, 0.3) is 0 Å². The molecular weight excluding hydrogens is 428 g/mol. The zero-order valence-corrected chi connectivity index (χ0v) is 19.2. The summed E-state index contributed by atoms with van der Waals surface area (Å²) in [7, 11) is 3.40. The molecule has 7 heteroatoms. The zero-order chi connectivity index (χ0) is 23.7. The van der Waals surface area contributed by atoms with Gasteiger partial charge in [-0.3, -0.25) is 9.59 Å². The predicted molar refractivity (Wildman–Crippen MR) is 132 cm³/mol. The summed E-state index contributed by atoms with van der Waals surface area (Å²) in [5.41, 5.74) is 3.38. The van der Waals surface area contributed by atoms with E-state index in [0.29, 0.717) is 13.0 Å². The van der Waals surface area contributed by atoms with Gasteiger partial charge in [0, 0.05) is 37.3 Å². The van der Waals surface area contributed by atoms with Crippen LogP contribution in [0.4, 0.5) is 11.4 Å². The zero-order valence-electron chi connectivity index (χ0n) is 19.2. The van der Waals surface area contributed by atoms with Crippen molar-refractivity contribution in [3.63, 3.8) is 0 Å². The number of imidazole rings is 1. The number of carbonyl (C=O) groups excluding carboxylic acids is 2. The number of para-hydroxylation sites is 3. The molecule has 5 rings (SSSR count). The maximum atomic E-state index is 13.2. The van der Waals surface area contributed by atoms with Gasteiger partial charge in [-0.2, -0.15) is 0 Å². The van der Waals surface area contributed by atoms with E-state index in [2.05, 4.69) is 0 Å². The molecule has 1 aliphatic heterocycles. The van der Waals surface area contributed by atoms with Gasteiger partial charge >= 0.3 is 0 Å². The van der Waals surface area contributed by atoms with E-state index in [1.165, 1.54) is 0 Å². The van der Waals surface area contributed by atoms with Crippen molar-refractivity contribution < 1.29 is 14.3 Å². The van der Waals surface area contributed by atoms with Gasteiger partial charge in [-0.05, 0) is 48.5 Å². The van der Waals surface area contributed by atoms with Crippen molar-refractivity contribution in [3.8, 4) is 5.75 Å². The Morgan fingerprint density at radius 2 is 1.74 bits per heavy atom. The fourth-order valence-electron chi connectivity index (χ4n) is 4.50. The molecule has 0 bridgehead atoms. The Morgan fingerprint density at radius 1 is 1.03 bits per heavy atom. The number of rotatable bonds is 6. The third-order valence-electron chi connectivity index (χ3n) is 6.37. The molecule has 0 spiro atoms. The van der Waals surface area contributed by atoms with E-state index in [9.17, 15) is 9.59 Å².